The summed E-state index contributed by atoms with van der Waals surface area (Å²) in [7, 11) is 0. The van der Waals surface area contributed by atoms with Gasteiger partial charge in [-0.1, -0.05) is 58.3 Å². The summed E-state index contributed by atoms with van der Waals surface area (Å²) in [6, 6.07) is 0.484. The second-order valence-corrected chi connectivity index (χ2v) is 5.00. The van der Waals surface area contributed by atoms with E-state index in [1.54, 1.807) is 0 Å². The van der Waals surface area contributed by atoms with Crippen molar-refractivity contribution in [1.82, 2.24) is 0 Å². The molecule has 0 aromatic carbocycles. The van der Waals surface area contributed by atoms with E-state index < -0.39 is 0 Å². The summed E-state index contributed by atoms with van der Waals surface area (Å²) >= 11 is 0. The zero-order chi connectivity index (χ0) is 10.2. The van der Waals surface area contributed by atoms with Crippen LogP contribution < -0.4 is 5.73 Å². The molecule has 0 spiro atoms. The van der Waals surface area contributed by atoms with Crippen LogP contribution in [0.2, 0.25) is 0 Å². The van der Waals surface area contributed by atoms with Crippen molar-refractivity contribution >= 4 is 0 Å². The zero-order valence-corrected chi connectivity index (χ0v) is 9.80. The minimum Gasteiger partial charge on any atom is -0.328 e. The number of hydrogen-bond donors (Lipinski definition) is 1. The van der Waals surface area contributed by atoms with Gasteiger partial charge in [0.15, 0.2) is 0 Å². The Bertz CT molecular complexity index is 125. The lowest BCUT2D eigenvalue weighted by molar-refractivity contribution is 0.374. The van der Waals surface area contributed by atoms with Crippen LogP contribution in [0, 0.1) is 5.92 Å². The van der Waals surface area contributed by atoms with Gasteiger partial charge in [-0.05, 0) is 18.8 Å². The van der Waals surface area contributed by atoms with Crippen molar-refractivity contribution < 1.29 is 0 Å². The SMILES string of the molecule is CCCCC(N)CC1CCCCCC1. The largest absolute Gasteiger partial charge is 0.328 e. The van der Waals surface area contributed by atoms with Crippen LogP contribution in [0.5, 0.6) is 0 Å². The molecule has 0 radical (unpaired) electrons. The van der Waals surface area contributed by atoms with E-state index in [4.69, 9.17) is 5.73 Å². The van der Waals surface area contributed by atoms with Gasteiger partial charge in [0.2, 0.25) is 0 Å². The second-order valence-electron chi connectivity index (χ2n) is 5.00. The highest BCUT2D eigenvalue weighted by atomic mass is 14.6. The van der Waals surface area contributed by atoms with Crippen molar-refractivity contribution in [1.29, 1.82) is 0 Å². The van der Waals surface area contributed by atoms with E-state index in [0.717, 1.165) is 5.92 Å². The Morgan fingerprint density at radius 1 is 1.14 bits per heavy atom. The monoisotopic (exact) mass is 197 g/mol. The maximum atomic E-state index is 6.14. The predicted octanol–water partition coefficient (Wildman–Crippen LogP) is 3.86. The summed E-state index contributed by atoms with van der Waals surface area (Å²) in [5.41, 5.74) is 6.14. The lowest BCUT2D eigenvalue weighted by atomic mass is 9.91. The van der Waals surface area contributed by atoms with Gasteiger partial charge in [0.25, 0.3) is 0 Å². The molecule has 0 amide bonds. The molecule has 0 saturated heterocycles. The Kier molecular flexibility index (Phi) is 6.25. The highest BCUT2D eigenvalue weighted by Crippen LogP contribution is 2.26. The number of rotatable bonds is 5. The van der Waals surface area contributed by atoms with Gasteiger partial charge in [0.1, 0.15) is 0 Å². The molecule has 1 aliphatic rings. The molecule has 1 aliphatic carbocycles. The van der Waals surface area contributed by atoms with Crippen LogP contribution in [-0.4, -0.2) is 6.04 Å². The van der Waals surface area contributed by atoms with Gasteiger partial charge in [-0.15, -0.1) is 0 Å². The lowest BCUT2D eigenvalue weighted by Crippen LogP contribution is -2.23. The van der Waals surface area contributed by atoms with Gasteiger partial charge in [-0.25, -0.2) is 0 Å². The third-order valence-corrected chi connectivity index (χ3v) is 3.54. The summed E-state index contributed by atoms with van der Waals surface area (Å²) in [5.74, 6) is 0.948. The highest BCUT2D eigenvalue weighted by molar-refractivity contribution is 4.71. The molecular weight excluding hydrogens is 170 g/mol. The molecule has 1 atom stereocenters. The third-order valence-electron chi connectivity index (χ3n) is 3.54. The van der Waals surface area contributed by atoms with Crippen LogP contribution in [0.15, 0.2) is 0 Å². The fraction of sp³-hybridized carbons (Fsp3) is 1.00. The normalized spacial score (nSPS) is 21.9. The Morgan fingerprint density at radius 2 is 1.79 bits per heavy atom. The minimum atomic E-state index is 0.484. The van der Waals surface area contributed by atoms with Crippen LogP contribution in [0.1, 0.15) is 71.1 Å². The van der Waals surface area contributed by atoms with Gasteiger partial charge < -0.3 is 5.73 Å². The van der Waals surface area contributed by atoms with Crippen molar-refractivity contribution in [3.8, 4) is 0 Å². The Morgan fingerprint density at radius 3 is 2.36 bits per heavy atom. The van der Waals surface area contributed by atoms with Crippen molar-refractivity contribution in [3.63, 3.8) is 0 Å². The standard InChI is InChI=1S/C13H27N/c1-2-3-10-13(14)11-12-8-6-4-5-7-9-12/h12-13H,2-11,14H2,1H3. The Hall–Kier alpha value is -0.0400. The van der Waals surface area contributed by atoms with E-state index in [2.05, 4.69) is 6.92 Å². The third kappa shape index (κ3) is 4.99. The minimum absolute atomic E-state index is 0.484. The van der Waals surface area contributed by atoms with Crippen LogP contribution in [0.25, 0.3) is 0 Å². The van der Waals surface area contributed by atoms with E-state index >= 15 is 0 Å². The van der Waals surface area contributed by atoms with Gasteiger partial charge in [0, 0.05) is 6.04 Å². The van der Waals surface area contributed by atoms with E-state index in [0.29, 0.717) is 6.04 Å². The van der Waals surface area contributed by atoms with Crippen molar-refractivity contribution in [2.75, 3.05) is 0 Å². The molecule has 1 nitrogen and oxygen atoms in total. The first-order chi connectivity index (χ1) is 6.83. The zero-order valence-electron chi connectivity index (χ0n) is 9.80. The maximum Gasteiger partial charge on any atom is 0.00414 e. The van der Waals surface area contributed by atoms with Gasteiger partial charge in [-0.2, -0.15) is 0 Å². The number of nitrogens with two attached hydrogens (primary N) is 1. The molecule has 0 aliphatic heterocycles. The average Bonchev–Trinajstić information content (AvgIpc) is 2.43. The quantitative estimate of drug-likeness (QED) is 0.665. The fourth-order valence-corrected chi connectivity index (χ4v) is 2.61. The lowest BCUT2D eigenvalue weighted by Gasteiger charge is -2.18. The Labute approximate surface area is 89.5 Å². The molecule has 1 saturated carbocycles. The number of unbranched alkanes of at least 4 members (excludes halogenated alkanes) is 1. The highest BCUT2D eigenvalue weighted by Gasteiger charge is 2.15. The fourth-order valence-electron chi connectivity index (χ4n) is 2.61. The van der Waals surface area contributed by atoms with Gasteiger partial charge >= 0.3 is 0 Å². The van der Waals surface area contributed by atoms with E-state index in [1.165, 1.54) is 64.2 Å². The summed E-state index contributed by atoms with van der Waals surface area (Å²) in [5, 5.41) is 0. The molecule has 0 aromatic heterocycles. The summed E-state index contributed by atoms with van der Waals surface area (Å²) < 4.78 is 0. The van der Waals surface area contributed by atoms with Gasteiger partial charge in [-0.3, -0.25) is 0 Å². The van der Waals surface area contributed by atoms with E-state index in [9.17, 15) is 0 Å². The average molecular weight is 197 g/mol. The molecular formula is C13H27N. The molecule has 1 unspecified atom stereocenters. The Balaban J connectivity index is 2.13. The molecule has 0 aromatic rings. The first-order valence-corrected chi connectivity index (χ1v) is 6.58. The summed E-state index contributed by atoms with van der Waals surface area (Å²) in [4.78, 5) is 0. The van der Waals surface area contributed by atoms with Crippen molar-refractivity contribution in [2.45, 2.75) is 77.2 Å². The smallest absolute Gasteiger partial charge is 0.00414 e. The molecule has 2 N–H and O–H groups in total. The van der Waals surface area contributed by atoms with Gasteiger partial charge in [0.05, 0.1) is 0 Å². The van der Waals surface area contributed by atoms with E-state index in [-0.39, 0.29) is 0 Å². The molecule has 1 rings (SSSR count). The van der Waals surface area contributed by atoms with Crippen molar-refractivity contribution in [3.05, 3.63) is 0 Å². The molecule has 0 bridgehead atoms. The topological polar surface area (TPSA) is 26.0 Å². The van der Waals surface area contributed by atoms with Crippen LogP contribution in [0.3, 0.4) is 0 Å². The number of hydrogen-bond acceptors (Lipinski definition) is 1. The second kappa shape index (κ2) is 7.28. The first kappa shape index (κ1) is 12.0. The van der Waals surface area contributed by atoms with E-state index in [1.807, 2.05) is 0 Å². The van der Waals surface area contributed by atoms with Crippen LogP contribution in [0.4, 0.5) is 0 Å². The maximum absolute atomic E-state index is 6.14. The molecule has 84 valence electrons. The summed E-state index contributed by atoms with van der Waals surface area (Å²) in [6.45, 7) is 2.25. The molecule has 1 heteroatoms. The molecule has 1 fully saturated rings. The molecule has 14 heavy (non-hydrogen) atoms. The molecule has 0 heterocycles. The summed E-state index contributed by atoms with van der Waals surface area (Å²) in [6.07, 6.45) is 13.8. The van der Waals surface area contributed by atoms with Crippen molar-refractivity contribution in [2.24, 2.45) is 11.7 Å². The first-order valence-electron chi connectivity index (χ1n) is 6.58. The van der Waals surface area contributed by atoms with Crippen LogP contribution in [-0.2, 0) is 0 Å². The van der Waals surface area contributed by atoms with Crippen LogP contribution >= 0.6 is 0 Å². The predicted molar refractivity (Wildman–Crippen MR) is 63.3 cm³/mol.